The number of carbonyl (C=O) groups excluding carboxylic acids is 2. The lowest BCUT2D eigenvalue weighted by molar-refractivity contribution is 0.0943. The summed E-state index contributed by atoms with van der Waals surface area (Å²) in [6.07, 6.45) is 2.71. The summed E-state index contributed by atoms with van der Waals surface area (Å²) in [5, 5.41) is 5.79. The highest BCUT2D eigenvalue weighted by molar-refractivity contribution is 5.94. The number of amides is 3. The predicted octanol–water partition coefficient (Wildman–Crippen LogP) is 2.41. The summed E-state index contributed by atoms with van der Waals surface area (Å²) in [6.45, 7) is 6.29. The Morgan fingerprint density at radius 1 is 1.26 bits per heavy atom. The summed E-state index contributed by atoms with van der Waals surface area (Å²) >= 11 is 0. The molecule has 0 aromatic heterocycles. The van der Waals surface area contributed by atoms with Crippen molar-refractivity contribution in [1.29, 1.82) is 0 Å². The quantitative estimate of drug-likeness (QED) is 0.648. The van der Waals surface area contributed by atoms with E-state index in [2.05, 4.69) is 10.6 Å². The molecule has 150 valence electrons. The molecule has 1 aromatic carbocycles. The van der Waals surface area contributed by atoms with Gasteiger partial charge < -0.3 is 25.0 Å². The van der Waals surface area contributed by atoms with Gasteiger partial charge in [0.15, 0.2) is 0 Å². The normalized spacial score (nSPS) is 16.4. The fraction of sp³-hybridized carbons (Fsp3) is 0.600. The van der Waals surface area contributed by atoms with Gasteiger partial charge in [-0.25, -0.2) is 4.79 Å². The van der Waals surface area contributed by atoms with E-state index in [1.165, 1.54) is 0 Å². The van der Waals surface area contributed by atoms with Gasteiger partial charge in [0.1, 0.15) is 12.4 Å². The van der Waals surface area contributed by atoms with E-state index >= 15 is 0 Å². The standard InChI is InChI=1S/C20H31N3O4/c1-15(2)22-19(24)16-7-9-18(10-8-16)27-14-17-6-4-12-23(17)20(25)21-11-5-13-26-3/h7-10,15,17H,4-6,11-14H2,1-3H3,(H,21,25)(H,22,24). The van der Waals surface area contributed by atoms with Crippen LogP contribution in [0.15, 0.2) is 24.3 Å². The number of carbonyl (C=O) groups is 2. The fourth-order valence-corrected chi connectivity index (χ4v) is 3.03. The zero-order valence-corrected chi connectivity index (χ0v) is 16.5. The number of likely N-dealkylation sites (tertiary alicyclic amines) is 1. The second-order valence-electron chi connectivity index (χ2n) is 7.03. The summed E-state index contributed by atoms with van der Waals surface area (Å²) in [7, 11) is 1.65. The Morgan fingerprint density at radius 3 is 2.67 bits per heavy atom. The highest BCUT2D eigenvalue weighted by Gasteiger charge is 2.29. The lowest BCUT2D eigenvalue weighted by atomic mass is 10.2. The van der Waals surface area contributed by atoms with E-state index in [1.54, 1.807) is 31.4 Å². The largest absolute Gasteiger partial charge is 0.491 e. The first-order valence-corrected chi connectivity index (χ1v) is 9.58. The Bertz CT molecular complexity index is 604. The molecule has 1 aliphatic heterocycles. The van der Waals surface area contributed by atoms with Crippen LogP contribution >= 0.6 is 0 Å². The molecule has 1 heterocycles. The maximum Gasteiger partial charge on any atom is 0.317 e. The SMILES string of the molecule is COCCCNC(=O)N1CCCC1COc1ccc(C(=O)NC(C)C)cc1. The predicted molar refractivity (Wildman–Crippen MR) is 104 cm³/mol. The number of ether oxygens (including phenoxy) is 2. The van der Waals surface area contributed by atoms with Crippen molar-refractivity contribution in [1.82, 2.24) is 15.5 Å². The van der Waals surface area contributed by atoms with Crippen molar-refractivity contribution in [3.05, 3.63) is 29.8 Å². The van der Waals surface area contributed by atoms with Crippen LogP contribution in [-0.4, -0.2) is 62.3 Å². The van der Waals surface area contributed by atoms with Crippen molar-refractivity contribution in [2.45, 2.75) is 45.2 Å². The monoisotopic (exact) mass is 377 g/mol. The van der Waals surface area contributed by atoms with E-state index in [4.69, 9.17) is 9.47 Å². The van der Waals surface area contributed by atoms with Gasteiger partial charge in [-0.15, -0.1) is 0 Å². The molecule has 2 N–H and O–H groups in total. The third-order valence-corrected chi connectivity index (χ3v) is 4.42. The lowest BCUT2D eigenvalue weighted by Gasteiger charge is -2.25. The number of methoxy groups -OCH3 is 1. The number of hydrogen-bond donors (Lipinski definition) is 2. The third kappa shape index (κ3) is 6.75. The van der Waals surface area contributed by atoms with Crippen LogP contribution in [0.3, 0.4) is 0 Å². The van der Waals surface area contributed by atoms with Crippen LogP contribution in [0.5, 0.6) is 5.75 Å². The Morgan fingerprint density at radius 2 is 2.00 bits per heavy atom. The van der Waals surface area contributed by atoms with Gasteiger partial charge in [-0.3, -0.25) is 4.79 Å². The molecule has 0 bridgehead atoms. The summed E-state index contributed by atoms with van der Waals surface area (Å²) in [6, 6.07) is 7.21. The van der Waals surface area contributed by atoms with Gasteiger partial charge in [-0.05, 0) is 57.4 Å². The molecule has 0 spiro atoms. The van der Waals surface area contributed by atoms with Gasteiger partial charge in [-0.1, -0.05) is 0 Å². The van der Waals surface area contributed by atoms with Crippen molar-refractivity contribution in [3.63, 3.8) is 0 Å². The maximum absolute atomic E-state index is 12.3. The second-order valence-corrected chi connectivity index (χ2v) is 7.03. The van der Waals surface area contributed by atoms with Crippen molar-refractivity contribution < 1.29 is 19.1 Å². The minimum absolute atomic E-state index is 0.0436. The van der Waals surface area contributed by atoms with Crippen LogP contribution in [-0.2, 0) is 4.74 Å². The van der Waals surface area contributed by atoms with Gasteiger partial charge in [0.2, 0.25) is 0 Å². The van der Waals surface area contributed by atoms with Crippen molar-refractivity contribution >= 4 is 11.9 Å². The molecule has 7 nitrogen and oxygen atoms in total. The van der Waals surface area contributed by atoms with Crippen molar-refractivity contribution in [2.75, 3.05) is 33.4 Å². The molecule has 1 atom stereocenters. The molecule has 1 saturated heterocycles. The summed E-state index contributed by atoms with van der Waals surface area (Å²) < 4.78 is 10.8. The van der Waals surface area contributed by atoms with E-state index in [1.807, 2.05) is 18.7 Å². The molecule has 2 rings (SSSR count). The minimum Gasteiger partial charge on any atom is -0.491 e. The van der Waals surface area contributed by atoms with Crippen LogP contribution in [0.25, 0.3) is 0 Å². The molecule has 1 aliphatic rings. The molecular formula is C20H31N3O4. The number of rotatable bonds is 9. The number of hydrogen-bond acceptors (Lipinski definition) is 4. The summed E-state index contributed by atoms with van der Waals surface area (Å²) in [4.78, 5) is 26.1. The fourth-order valence-electron chi connectivity index (χ4n) is 3.03. The van der Waals surface area contributed by atoms with Crippen LogP contribution < -0.4 is 15.4 Å². The molecule has 1 aromatic rings. The molecule has 0 saturated carbocycles. The van der Waals surface area contributed by atoms with Gasteiger partial charge in [0, 0.05) is 38.4 Å². The van der Waals surface area contributed by atoms with E-state index in [-0.39, 0.29) is 24.0 Å². The summed E-state index contributed by atoms with van der Waals surface area (Å²) in [5.74, 6) is 0.604. The average Bonchev–Trinajstić information content (AvgIpc) is 3.12. The van der Waals surface area contributed by atoms with Crippen LogP contribution in [0.2, 0.25) is 0 Å². The number of nitrogens with zero attached hydrogens (tertiary/aromatic N) is 1. The second kappa shape index (κ2) is 10.8. The Balaban J connectivity index is 1.80. The van der Waals surface area contributed by atoms with Gasteiger partial charge in [-0.2, -0.15) is 0 Å². The molecule has 3 amide bonds. The van der Waals surface area contributed by atoms with E-state index in [0.717, 1.165) is 25.8 Å². The zero-order valence-electron chi connectivity index (χ0n) is 16.5. The van der Waals surface area contributed by atoms with Crippen LogP contribution in [0.1, 0.15) is 43.5 Å². The molecule has 1 unspecified atom stereocenters. The number of nitrogens with one attached hydrogen (secondary N) is 2. The van der Waals surface area contributed by atoms with Crippen LogP contribution in [0.4, 0.5) is 4.79 Å². The average molecular weight is 377 g/mol. The first-order valence-electron chi connectivity index (χ1n) is 9.58. The highest BCUT2D eigenvalue weighted by Crippen LogP contribution is 2.20. The Kier molecular flexibility index (Phi) is 8.39. The van der Waals surface area contributed by atoms with Crippen LogP contribution in [0, 0.1) is 0 Å². The molecule has 27 heavy (non-hydrogen) atoms. The molecule has 7 heteroatoms. The molecular weight excluding hydrogens is 346 g/mol. The van der Waals surface area contributed by atoms with Gasteiger partial charge in [0.05, 0.1) is 6.04 Å². The van der Waals surface area contributed by atoms with E-state index in [9.17, 15) is 9.59 Å². The first kappa shape index (κ1) is 21.0. The molecule has 0 aliphatic carbocycles. The summed E-state index contributed by atoms with van der Waals surface area (Å²) in [5.41, 5.74) is 0.606. The topological polar surface area (TPSA) is 79.9 Å². The van der Waals surface area contributed by atoms with Gasteiger partial charge in [0.25, 0.3) is 5.91 Å². The smallest absolute Gasteiger partial charge is 0.317 e. The highest BCUT2D eigenvalue weighted by atomic mass is 16.5. The molecule has 1 fully saturated rings. The van der Waals surface area contributed by atoms with Gasteiger partial charge >= 0.3 is 6.03 Å². The molecule has 0 radical (unpaired) electrons. The maximum atomic E-state index is 12.3. The lowest BCUT2D eigenvalue weighted by Crippen LogP contribution is -2.45. The first-order chi connectivity index (χ1) is 13.0. The number of benzene rings is 1. The Hall–Kier alpha value is -2.28. The van der Waals surface area contributed by atoms with E-state index < -0.39 is 0 Å². The van der Waals surface area contributed by atoms with E-state index in [0.29, 0.717) is 31.1 Å². The third-order valence-electron chi connectivity index (χ3n) is 4.42. The Labute approximate surface area is 161 Å². The minimum atomic E-state index is -0.0938. The van der Waals surface area contributed by atoms with Crippen molar-refractivity contribution in [2.24, 2.45) is 0 Å². The zero-order chi connectivity index (χ0) is 19.6. The van der Waals surface area contributed by atoms with Crippen molar-refractivity contribution in [3.8, 4) is 5.75 Å². The number of urea groups is 1.